The van der Waals surface area contributed by atoms with E-state index in [0.29, 0.717) is 6.04 Å². The van der Waals surface area contributed by atoms with Crippen LogP contribution in [0.2, 0.25) is 0 Å². The Morgan fingerprint density at radius 2 is 2.00 bits per heavy atom. The van der Waals surface area contributed by atoms with Crippen molar-refractivity contribution >= 4 is 22.7 Å². The highest BCUT2D eigenvalue weighted by Crippen LogP contribution is 2.28. The van der Waals surface area contributed by atoms with Gasteiger partial charge in [0.05, 0.1) is 10.7 Å². The molecule has 2 rings (SSSR count). The Balaban J connectivity index is 2.16. The minimum absolute atomic E-state index is 0.141. The molecule has 4 heteroatoms. The average Bonchev–Trinajstić information content (AvgIpc) is 2.94. The van der Waals surface area contributed by atoms with Crippen molar-refractivity contribution in [2.45, 2.75) is 45.6 Å². The highest BCUT2D eigenvalue weighted by Gasteiger charge is 2.20. The summed E-state index contributed by atoms with van der Waals surface area (Å²) in [5, 5.41) is 11.3. The van der Waals surface area contributed by atoms with Crippen molar-refractivity contribution in [3.63, 3.8) is 0 Å². The van der Waals surface area contributed by atoms with Crippen LogP contribution < -0.4 is 5.32 Å². The zero-order valence-corrected chi connectivity index (χ0v) is 13.9. The van der Waals surface area contributed by atoms with Crippen LogP contribution in [0.3, 0.4) is 0 Å². The molecule has 0 bridgehead atoms. The summed E-state index contributed by atoms with van der Waals surface area (Å²) in [6, 6.07) is 0.366. The molecule has 1 atom stereocenters. The van der Waals surface area contributed by atoms with Crippen molar-refractivity contribution in [2.75, 3.05) is 7.05 Å². The molecule has 0 aliphatic carbocycles. The summed E-state index contributed by atoms with van der Waals surface area (Å²) in [6.45, 7) is 8.82. The molecule has 2 aromatic rings. The molecule has 2 heterocycles. The smallest absolute Gasteiger partial charge is 0.0947 e. The van der Waals surface area contributed by atoms with Gasteiger partial charge in [0.25, 0.3) is 0 Å². The Morgan fingerprint density at radius 3 is 2.47 bits per heavy atom. The maximum Gasteiger partial charge on any atom is 0.0947 e. The van der Waals surface area contributed by atoms with E-state index in [1.165, 1.54) is 21.8 Å². The molecular weight excluding hydrogens is 272 g/mol. The molecule has 19 heavy (non-hydrogen) atoms. The van der Waals surface area contributed by atoms with E-state index in [2.05, 4.69) is 49.2 Å². The van der Waals surface area contributed by atoms with E-state index in [1.807, 2.05) is 7.05 Å². The third-order valence-corrected chi connectivity index (χ3v) is 5.07. The highest BCUT2D eigenvalue weighted by atomic mass is 32.1. The van der Waals surface area contributed by atoms with Crippen LogP contribution in [0.4, 0.5) is 0 Å². The molecule has 0 aliphatic heterocycles. The van der Waals surface area contributed by atoms with E-state index < -0.39 is 0 Å². The fourth-order valence-electron chi connectivity index (χ4n) is 2.02. The fourth-order valence-corrected chi connectivity index (χ4v) is 3.99. The summed E-state index contributed by atoms with van der Waals surface area (Å²) in [5.74, 6) is 0. The van der Waals surface area contributed by atoms with E-state index in [1.54, 1.807) is 22.7 Å². The second kappa shape index (κ2) is 5.73. The normalized spacial score (nSPS) is 13.7. The zero-order valence-electron chi connectivity index (χ0n) is 12.3. The quantitative estimate of drug-likeness (QED) is 0.908. The lowest BCUT2D eigenvalue weighted by Gasteiger charge is -2.16. The van der Waals surface area contributed by atoms with E-state index >= 15 is 0 Å². The molecule has 0 saturated heterocycles. The molecule has 1 N–H and O–H groups in total. The Labute approximate surface area is 123 Å². The Kier molecular flexibility index (Phi) is 4.43. The summed E-state index contributed by atoms with van der Waals surface area (Å²) in [5.41, 5.74) is 4.11. The third-order valence-electron chi connectivity index (χ3n) is 3.32. The number of aryl methyl sites for hydroxylation is 1. The van der Waals surface area contributed by atoms with Crippen molar-refractivity contribution in [3.8, 4) is 0 Å². The average molecular weight is 294 g/mol. The van der Waals surface area contributed by atoms with E-state index in [0.717, 1.165) is 6.42 Å². The zero-order chi connectivity index (χ0) is 14.0. The first-order valence-electron chi connectivity index (χ1n) is 6.56. The number of nitrogens with one attached hydrogen (secondary N) is 1. The van der Waals surface area contributed by atoms with Gasteiger partial charge < -0.3 is 5.32 Å². The number of aromatic nitrogens is 1. The number of hydrogen-bond donors (Lipinski definition) is 1. The topological polar surface area (TPSA) is 24.9 Å². The molecule has 0 aromatic carbocycles. The van der Waals surface area contributed by atoms with Crippen LogP contribution in [0, 0.1) is 6.92 Å². The lowest BCUT2D eigenvalue weighted by Crippen LogP contribution is -2.19. The summed E-state index contributed by atoms with van der Waals surface area (Å²) in [4.78, 5) is 4.79. The van der Waals surface area contributed by atoms with Crippen LogP contribution in [0.1, 0.15) is 48.6 Å². The van der Waals surface area contributed by atoms with Crippen LogP contribution in [-0.2, 0) is 11.8 Å². The molecule has 0 radical (unpaired) electrons. The van der Waals surface area contributed by atoms with Gasteiger partial charge in [-0.25, -0.2) is 4.98 Å². The molecule has 0 saturated carbocycles. The maximum absolute atomic E-state index is 4.79. The lowest BCUT2D eigenvalue weighted by molar-refractivity contribution is 0.560. The minimum Gasteiger partial charge on any atom is -0.313 e. The molecule has 2 aromatic heterocycles. The summed E-state index contributed by atoms with van der Waals surface area (Å²) in [7, 11) is 2.03. The number of rotatable bonds is 4. The van der Waals surface area contributed by atoms with Gasteiger partial charge >= 0.3 is 0 Å². The van der Waals surface area contributed by atoms with Gasteiger partial charge in [-0.2, -0.15) is 11.3 Å². The van der Waals surface area contributed by atoms with Gasteiger partial charge in [-0.1, -0.05) is 20.8 Å². The van der Waals surface area contributed by atoms with Gasteiger partial charge in [-0.3, -0.25) is 0 Å². The predicted molar refractivity (Wildman–Crippen MR) is 85.4 cm³/mol. The van der Waals surface area contributed by atoms with Crippen LogP contribution in [0.15, 0.2) is 16.1 Å². The predicted octanol–water partition coefficient (Wildman–Crippen LogP) is 4.31. The number of hydrogen-bond acceptors (Lipinski definition) is 4. The fraction of sp³-hybridized carbons (Fsp3) is 0.533. The lowest BCUT2D eigenvalue weighted by atomic mass is 9.93. The van der Waals surface area contributed by atoms with E-state index in [9.17, 15) is 0 Å². The van der Waals surface area contributed by atoms with Crippen LogP contribution in [-0.4, -0.2) is 12.0 Å². The van der Waals surface area contributed by atoms with Crippen molar-refractivity contribution < 1.29 is 0 Å². The molecule has 0 amide bonds. The van der Waals surface area contributed by atoms with Crippen molar-refractivity contribution in [1.82, 2.24) is 10.3 Å². The molecule has 104 valence electrons. The Hall–Kier alpha value is -0.710. The second-order valence-corrected chi connectivity index (χ2v) is 7.62. The van der Waals surface area contributed by atoms with Gasteiger partial charge in [-0.05, 0) is 35.9 Å². The van der Waals surface area contributed by atoms with Crippen LogP contribution in [0.5, 0.6) is 0 Å². The number of thiazole rings is 1. The van der Waals surface area contributed by atoms with Crippen molar-refractivity contribution in [3.05, 3.63) is 38.0 Å². The molecule has 0 fully saturated rings. The summed E-state index contributed by atoms with van der Waals surface area (Å²) < 4.78 is 0. The molecule has 2 nitrogen and oxygen atoms in total. The monoisotopic (exact) mass is 294 g/mol. The van der Waals surface area contributed by atoms with Crippen molar-refractivity contribution in [2.24, 2.45) is 0 Å². The van der Waals surface area contributed by atoms with Gasteiger partial charge in [0, 0.05) is 23.3 Å². The van der Waals surface area contributed by atoms with Crippen LogP contribution >= 0.6 is 22.7 Å². The largest absolute Gasteiger partial charge is 0.313 e. The summed E-state index contributed by atoms with van der Waals surface area (Å²) >= 11 is 3.55. The summed E-state index contributed by atoms with van der Waals surface area (Å²) in [6.07, 6.45) is 0.967. The number of nitrogens with zero attached hydrogens (tertiary/aromatic N) is 1. The first-order valence-corrected chi connectivity index (χ1v) is 8.39. The van der Waals surface area contributed by atoms with Gasteiger partial charge in [-0.15, -0.1) is 11.3 Å². The van der Waals surface area contributed by atoms with E-state index in [4.69, 9.17) is 4.98 Å². The number of thiophene rings is 1. The molecular formula is C15H22N2S2. The molecule has 0 spiro atoms. The third kappa shape index (κ3) is 3.44. The van der Waals surface area contributed by atoms with Gasteiger partial charge in [0.2, 0.25) is 0 Å². The molecule has 0 aliphatic rings. The minimum atomic E-state index is 0.141. The maximum atomic E-state index is 4.79. The highest BCUT2D eigenvalue weighted by molar-refractivity contribution is 7.09. The standard InChI is InChI=1S/C15H22N2S2/c1-10-7-18-8-11(10)12(16-5)6-14-17-13(9-19-14)15(2,3)4/h7-9,12,16H,6H2,1-5H3. The first kappa shape index (κ1) is 14.7. The Morgan fingerprint density at radius 1 is 1.26 bits per heavy atom. The first-order chi connectivity index (χ1) is 8.91. The van der Waals surface area contributed by atoms with Crippen LogP contribution in [0.25, 0.3) is 0 Å². The van der Waals surface area contributed by atoms with Crippen molar-refractivity contribution in [1.29, 1.82) is 0 Å². The SMILES string of the molecule is CNC(Cc1nc(C(C)(C)C)cs1)c1cscc1C. The number of likely N-dealkylation sites (N-methyl/N-ethyl adjacent to an activating group) is 1. The van der Waals surface area contributed by atoms with Gasteiger partial charge in [0.1, 0.15) is 0 Å². The molecule has 1 unspecified atom stereocenters. The second-order valence-electron chi connectivity index (χ2n) is 5.93. The Bertz CT molecular complexity index is 534. The van der Waals surface area contributed by atoms with E-state index in [-0.39, 0.29) is 5.41 Å². The van der Waals surface area contributed by atoms with Gasteiger partial charge in [0.15, 0.2) is 0 Å².